The quantitative estimate of drug-likeness (QED) is 0.290. The van der Waals surface area contributed by atoms with E-state index in [1.807, 2.05) is 6.07 Å². The van der Waals surface area contributed by atoms with Gasteiger partial charge in [-0.2, -0.15) is 0 Å². The molecular formula is C26H42Cl2N2O. The molecule has 2 rings (SSSR count). The summed E-state index contributed by atoms with van der Waals surface area (Å²) in [5.74, 6) is 0.940. The molecule has 2 aromatic carbocycles. The molecule has 0 atom stereocenters. The van der Waals surface area contributed by atoms with E-state index in [9.17, 15) is 0 Å². The van der Waals surface area contributed by atoms with Gasteiger partial charge in [0.1, 0.15) is 12.4 Å². The van der Waals surface area contributed by atoms with Gasteiger partial charge in [0.25, 0.3) is 0 Å². The number of nitrogens with one attached hydrogen (secondary N) is 1. The zero-order valence-corrected chi connectivity index (χ0v) is 21.2. The predicted octanol–water partition coefficient (Wildman–Crippen LogP) is 6.80. The molecule has 0 radical (unpaired) electrons. The Labute approximate surface area is 202 Å². The van der Waals surface area contributed by atoms with Crippen molar-refractivity contribution in [2.75, 3.05) is 26.2 Å². The number of benzene rings is 2. The van der Waals surface area contributed by atoms with Crippen LogP contribution in [0.15, 0.2) is 48.5 Å². The Hall–Kier alpha value is -1.26. The number of ether oxygens (including phenoxy) is 1. The number of halogens is 2. The van der Waals surface area contributed by atoms with Gasteiger partial charge >= 0.3 is 0 Å². The highest BCUT2D eigenvalue weighted by atomic mass is 35.5. The number of hydrogen-bond acceptors (Lipinski definition) is 3. The summed E-state index contributed by atoms with van der Waals surface area (Å²) in [5, 5.41) is 3.59. The minimum Gasteiger partial charge on any atom is -0.489 e. The summed E-state index contributed by atoms with van der Waals surface area (Å²) >= 11 is 0. The van der Waals surface area contributed by atoms with Crippen LogP contribution in [-0.2, 0) is 13.2 Å². The largest absolute Gasteiger partial charge is 0.489 e. The fourth-order valence-electron chi connectivity index (χ4n) is 3.36. The summed E-state index contributed by atoms with van der Waals surface area (Å²) < 4.78 is 5.97. The van der Waals surface area contributed by atoms with Gasteiger partial charge in [0, 0.05) is 6.54 Å². The van der Waals surface area contributed by atoms with Crippen molar-refractivity contribution in [3.05, 3.63) is 65.2 Å². The van der Waals surface area contributed by atoms with Crippen LogP contribution in [0.4, 0.5) is 0 Å². The van der Waals surface area contributed by atoms with E-state index in [0.29, 0.717) is 6.61 Å². The predicted molar refractivity (Wildman–Crippen MR) is 139 cm³/mol. The van der Waals surface area contributed by atoms with Crippen LogP contribution >= 0.6 is 24.8 Å². The van der Waals surface area contributed by atoms with Crippen LogP contribution in [-0.4, -0.2) is 31.1 Å². The van der Waals surface area contributed by atoms with Gasteiger partial charge in [-0.1, -0.05) is 68.7 Å². The molecule has 0 saturated carbocycles. The maximum Gasteiger partial charge on any atom is 0.120 e. The second-order valence-corrected chi connectivity index (χ2v) is 8.00. The lowest BCUT2D eigenvalue weighted by atomic mass is 10.1. The van der Waals surface area contributed by atoms with Gasteiger partial charge in [-0.3, -0.25) is 0 Å². The van der Waals surface area contributed by atoms with Crippen LogP contribution in [0.3, 0.4) is 0 Å². The molecule has 0 aliphatic rings. The van der Waals surface area contributed by atoms with Crippen LogP contribution in [0.2, 0.25) is 0 Å². The van der Waals surface area contributed by atoms with Gasteiger partial charge in [0.15, 0.2) is 0 Å². The molecule has 5 heteroatoms. The Morgan fingerprint density at radius 3 is 2.10 bits per heavy atom. The van der Waals surface area contributed by atoms with Crippen molar-refractivity contribution in [1.82, 2.24) is 10.2 Å². The van der Waals surface area contributed by atoms with Gasteiger partial charge in [0.2, 0.25) is 0 Å². The third kappa shape index (κ3) is 13.0. The second-order valence-electron chi connectivity index (χ2n) is 8.00. The van der Waals surface area contributed by atoms with Crippen molar-refractivity contribution in [1.29, 1.82) is 0 Å². The van der Waals surface area contributed by atoms with Crippen molar-refractivity contribution >= 4 is 24.8 Å². The first-order valence-electron chi connectivity index (χ1n) is 11.4. The first kappa shape index (κ1) is 29.7. The smallest absolute Gasteiger partial charge is 0.120 e. The van der Waals surface area contributed by atoms with E-state index >= 15 is 0 Å². The molecule has 0 unspecified atom stereocenters. The highest BCUT2D eigenvalue weighted by Crippen LogP contribution is 2.15. The van der Waals surface area contributed by atoms with Gasteiger partial charge in [-0.25, -0.2) is 0 Å². The Bertz CT molecular complexity index is 671. The third-order valence-electron chi connectivity index (χ3n) is 5.24. The molecule has 0 aromatic heterocycles. The summed E-state index contributed by atoms with van der Waals surface area (Å²) in [6, 6.07) is 17.0. The standard InChI is InChI=1S/C26H40N2O.2ClH/c1-4-6-17-28(18-7-5-2)19-9-16-27-21-25-10-8-11-26(20-25)29-22-24-14-12-23(3)13-15-24;;/h8,10-15,20,27H,4-7,9,16-19,21-22H2,1-3H3;2*1H. The zero-order valence-electron chi connectivity index (χ0n) is 19.6. The van der Waals surface area contributed by atoms with Crippen molar-refractivity contribution in [2.24, 2.45) is 0 Å². The summed E-state index contributed by atoms with van der Waals surface area (Å²) in [4.78, 5) is 2.63. The molecule has 0 heterocycles. The highest BCUT2D eigenvalue weighted by molar-refractivity contribution is 5.85. The normalized spacial score (nSPS) is 10.5. The van der Waals surface area contributed by atoms with E-state index in [1.165, 1.54) is 68.4 Å². The van der Waals surface area contributed by atoms with E-state index < -0.39 is 0 Å². The summed E-state index contributed by atoms with van der Waals surface area (Å²) in [6.45, 7) is 12.9. The van der Waals surface area contributed by atoms with Crippen molar-refractivity contribution in [3.63, 3.8) is 0 Å². The van der Waals surface area contributed by atoms with Gasteiger partial charge in [0.05, 0.1) is 0 Å². The first-order chi connectivity index (χ1) is 14.2. The Morgan fingerprint density at radius 1 is 0.806 bits per heavy atom. The number of unbranched alkanes of at least 4 members (excludes halogenated alkanes) is 2. The molecule has 2 aromatic rings. The van der Waals surface area contributed by atoms with Gasteiger partial charge in [-0.15, -0.1) is 24.8 Å². The lowest BCUT2D eigenvalue weighted by Crippen LogP contribution is -2.29. The van der Waals surface area contributed by atoms with Gasteiger partial charge < -0.3 is 15.0 Å². The molecule has 0 bridgehead atoms. The Kier molecular flexibility index (Phi) is 17.6. The number of hydrogen-bond donors (Lipinski definition) is 1. The number of aryl methyl sites for hydroxylation is 1. The Morgan fingerprint density at radius 2 is 1.45 bits per heavy atom. The molecule has 0 amide bonds. The van der Waals surface area contributed by atoms with Crippen LogP contribution in [0.5, 0.6) is 5.75 Å². The lowest BCUT2D eigenvalue weighted by molar-refractivity contribution is 0.261. The molecule has 0 aliphatic heterocycles. The second kappa shape index (κ2) is 18.3. The lowest BCUT2D eigenvalue weighted by Gasteiger charge is -2.22. The minimum absolute atomic E-state index is 0. The maximum atomic E-state index is 5.97. The average Bonchev–Trinajstić information content (AvgIpc) is 2.75. The maximum absolute atomic E-state index is 5.97. The van der Waals surface area contributed by atoms with Crippen LogP contribution in [0, 0.1) is 6.92 Å². The Balaban J connectivity index is 0.00000450. The SMILES string of the molecule is CCCCN(CCCC)CCCNCc1cccc(OCc2ccc(C)cc2)c1.Cl.Cl. The zero-order chi connectivity index (χ0) is 20.7. The van der Waals surface area contributed by atoms with E-state index in [2.05, 4.69) is 73.5 Å². The topological polar surface area (TPSA) is 24.5 Å². The molecule has 3 nitrogen and oxygen atoms in total. The molecule has 0 saturated heterocycles. The van der Waals surface area contributed by atoms with Crippen LogP contribution < -0.4 is 10.1 Å². The summed E-state index contributed by atoms with van der Waals surface area (Å²) in [7, 11) is 0. The van der Waals surface area contributed by atoms with E-state index in [0.717, 1.165) is 18.8 Å². The fourth-order valence-corrected chi connectivity index (χ4v) is 3.36. The third-order valence-corrected chi connectivity index (χ3v) is 5.24. The van der Waals surface area contributed by atoms with Crippen LogP contribution in [0.1, 0.15) is 62.6 Å². The fraction of sp³-hybridized carbons (Fsp3) is 0.538. The highest BCUT2D eigenvalue weighted by Gasteiger charge is 2.04. The number of nitrogens with zero attached hydrogens (tertiary/aromatic N) is 1. The van der Waals surface area contributed by atoms with Crippen molar-refractivity contribution < 1.29 is 4.74 Å². The van der Waals surface area contributed by atoms with E-state index in [4.69, 9.17) is 4.74 Å². The van der Waals surface area contributed by atoms with Crippen molar-refractivity contribution in [3.8, 4) is 5.75 Å². The molecule has 31 heavy (non-hydrogen) atoms. The first-order valence-corrected chi connectivity index (χ1v) is 11.4. The van der Waals surface area contributed by atoms with E-state index in [-0.39, 0.29) is 24.8 Å². The average molecular weight is 470 g/mol. The van der Waals surface area contributed by atoms with Gasteiger partial charge in [-0.05, 0) is 75.6 Å². The molecular weight excluding hydrogens is 427 g/mol. The van der Waals surface area contributed by atoms with Crippen molar-refractivity contribution in [2.45, 2.75) is 66.0 Å². The van der Waals surface area contributed by atoms with Crippen LogP contribution in [0.25, 0.3) is 0 Å². The molecule has 0 fully saturated rings. The van der Waals surface area contributed by atoms with E-state index in [1.54, 1.807) is 0 Å². The molecule has 0 spiro atoms. The summed E-state index contributed by atoms with van der Waals surface area (Å²) in [6.07, 6.45) is 6.39. The summed E-state index contributed by atoms with van der Waals surface area (Å²) in [5.41, 5.74) is 3.76. The molecule has 176 valence electrons. The molecule has 0 aliphatic carbocycles. The molecule has 1 N–H and O–H groups in total. The number of rotatable bonds is 15. The minimum atomic E-state index is 0. The monoisotopic (exact) mass is 468 g/mol.